The summed E-state index contributed by atoms with van der Waals surface area (Å²) in [7, 11) is 0. The summed E-state index contributed by atoms with van der Waals surface area (Å²) in [6.07, 6.45) is 4.27. The topological polar surface area (TPSA) is 33.2 Å². The van der Waals surface area contributed by atoms with Crippen LogP contribution in [0, 0.1) is 5.95 Å². The number of carbonyl (C=O) groups excluding carboxylic acids is 1. The largest absolute Gasteiger partial charge is 0.333 e. The molecule has 1 amide bonds. The summed E-state index contributed by atoms with van der Waals surface area (Å²) >= 11 is 0. The third kappa shape index (κ3) is 2.16. The molecule has 0 aliphatic carbocycles. The zero-order valence-corrected chi connectivity index (χ0v) is 10.2. The van der Waals surface area contributed by atoms with Crippen LogP contribution in [0.1, 0.15) is 43.5 Å². The second-order valence-corrected chi connectivity index (χ2v) is 4.54. The molecule has 2 atom stereocenters. The van der Waals surface area contributed by atoms with Gasteiger partial charge in [0.15, 0.2) is 0 Å². The summed E-state index contributed by atoms with van der Waals surface area (Å²) < 4.78 is 13.5. The number of pyridine rings is 1. The van der Waals surface area contributed by atoms with Gasteiger partial charge in [-0.2, -0.15) is 4.39 Å². The maximum atomic E-state index is 13.5. The normalized spacial score (nSPS) is 24.1. The van der Waals surface area contributed by atoms with Crippen molar-refractivity contribution in [3.05, 3.63) is 29.8 Å². The first-order valence-corrected chi connectivity index (χ1v) is 6.08. The molecule has 0 aromatic carbocycles. The minimum Gasteiger partial charge on any atom is -0.333 e. The van der Waals surface area contributed by atoms with Crippen LogP contribution in [-0.4, -0.2) is 27.9 Å². The van der Waals surface area contributed by atoms with Crippen molar-refractivity contribution in [2.75, 3.05) is 0 Å². The lowest BCUT2D eigenvalue weighted by atomic mass is 10.1. The summed E-state index contributed by atoms with van der Waals surface area (Å²) in [6.45, 7) is 4.07. The lowest BCUT2D eigenvalue weighted by Crippen LogP contribution is -2.40. The van der Waals surface area contributed by atoms with E-state index in [-0.39, 0.29) is 23.6 Å². The molecule has 17 heavy (non-hydrogen) atoms. The Morgan fingerprint density at radius 3 is 3.00 bits per heavy atom. The number of carbonyl (C=O) groups is 1. The van der Waals surface area contributed by atoms with Gasteiger partial charge in [0, 0.05) is 18.3 Å². The number of halogens is 1. The Bertz CT molecular complexity index is 422. The molecule has 92 valence electrons. The molecule has 1 aromatic heterocycles. The number of hydrogen-bond donors (Lipinski definition) is 0. The van der Waals surface area contributed by atoms with Crippen LogP contribution in [0.4, 0.5) is 4.39 Å². The van der Waals surface area contributed by atoms with Crippen LogP contribution in [0.2, 0.25) is 0 Å². The lowest BCUT2D eigenvalue weighted by Gasteiger charge is -2.28. The molecule has 0 radical (unpaired) electrons. The molecule has 2 unspecified atom stereocenters. The molecule has 0 spiro atoms. The Kier molecular flexibility index (Phi) is 3.41. The van der Waals surface area contributed by atoms with E-state index in [2.05, 4.69) is 11.9 Å². The molecule has 3 nitrogen and oxygen atoms in total. The van der Waals surface area contributed by atoms with E-state index in [0.717, 1.165) is 19.3 Å². The quantitative estimate of drug-likeness (QED) is 0.739. The van der Waals surface area contributed by atoms with Gasteiger partial charge in [-0.15, -0.1) is 0 Å². The van der Waals surface area contributed by atoms with Crippen LogP contribution in [0.3, 0.4) is 0 Å². The zero-order chi connectivity index (χ0) is 12.4. The molecule has 0 N–H and O–H groups in total. The predicted octanol–water partition coefficient (Wildman–Crippen LogP) is 2.62. The van der Waals surface area contributed by atoms with E-state index >= 15 is 0 Å². The second-order valence-electron chi connectivity index (χ2n) is 4.54. The van der Waals surface area contributed by atoms with Gasteiger partial charge in [-0.05, 0) is 38.3 Å². The van der Waals surface area contributed by atoms with Crippen molar-refractivity contribution in [1.82, 2.24) is 9.88 Å². The van der Waals surface area contributed by atoms with Crippen LogP contribution >= 0.6 is 0 Å². The molecule has 4 heteroatoms. The molecular weight excluding hydrogens is 219 g/mol. The van der Waals surface area contributed by atoms with E-state index in [9.17, 15) is 9.18 Å². The molecule has 0 saturated carbocycles. The number of rotatable bonds is 2. The van der Waals surface area contributed by atoms with Gasteiger partial charge in [-0.25, -0.2) is 4.98 Å². The Hall–Kier alpha value is -1.45. The maximum absolute atomic E-state index is 13.5. The summed E-state index contributed by atoms with van der Waals surface area (Å²) in [6, 6.07) is 3.52. The van der Waals surface area contributed by atoms with Gasteiger partial charge < -0.3 is 4.90 Å². The van der Waals surface area contributed by atoms with Crippen LogP contribution in [0.15, 0.2) is 18.3 Å². The highest BCUT2D eigenvalue weighted by molar-refractivity contribution is 5.94. The fraction of sp³-hybridized carbons (Fsp3) is 0.538. The maximum Gasteiger partial charge on any atom is 0.258 e. The molecule has 1 aliphatic rings. The molecule has 1 fully saturated rings. The molecule has 1 saturated heterocycles. The molecule has 1 aromatic rings. The van der Waals surface area contributed by atoms with Crippen LogP contribution in [-0.2, 0) is 0 Å². The Balaban J connectivity index is 2.28. The van der Waals surface area contributed by atoms with Gasteiger partial charge in [0.05, 0.1) is 5.56 Å². The summed E-state index contributed by atoms with van der Waals surface area (Å²) in [5.74, 6) is -0.904. The number of hydrogen-bond acceptors (Lipinski definition) is 2. The third-order valence-electron chi connectivity index (χ3n) is 3.48. The van der Waals surface area contributed by atoms with E-state index in [1.165, 1.54) is 12.3 Å². The summed E-state index contributed by atoms with van der Waals surface area (Å²) in [5.41, 5.74) is 0.0831. The van der Waals surface area contributed by atoms with Crippen LogP contribution < -0.4 is 0 Å². The number of aromatic nitrogens is 1. The first kappa shape index (κ1) is 12.0. The van der Waals surface area contributed by atoms with Gasteiger partial charge in [-0.1, -0.05) is 6.92 Å². The van der Waals surface area contributed by atoms with E-state index < -0.39 is 5.95 Å². The summed E-state index contributed by atoms with van der Waals surface area (Å²) in [5, 5.41) is 0. The van der Waals surface area contributed by atoms with Gasteiger partial charge in [0.25, 0.3) is 5.91 Å². The fourth-order valence-electron chi connectivity index (χ4n) is 2.52. The standard InChI is InChI=1S/C13H17FN2O/c1-3-10-7-6-9(2)16(10)13(17)11-5-4-8-15-12(11)14/h4-5,8-10H,3,6-7H2,1-2H3. The van der Waals surface area contributed by atoms with E-state index in [4.69, 9.17) is 0 Å². The van der Waals surface area contributed by atoms with Crippen molar-refractivity contribution in [3.8, 4) is 0 Å². The fourth-order valence-corrected chi connectivity index (χ4v) is 2.52. The predicted molar refractivity (Wildman–Crippen MR) is 63.1 cm³/mol. The highest BCUT2D eigenvalue weighted by Gasteiger charge is 2.34. The average Bonchev–Trinajstić information content (AvgIpc) is 2.70. The highest BCUT2D eigenvalue weighted by atomic mass is 19.1. The van der Waals surface area contributed by atoms with Crippen molar-refractivity contribution < 1.29 is 9.18 Å². The van der Waals surface area contributed by atoms with Crippen molar-refractivity contribution in [3.63, 3.8) is 0 Å². The van der Waals surface area contributed by atoms with Crippen LogP contribution in [0.25, 0.3) is 0 Å². The van der Waals surface area contributed by atoms with Gasteiger partial charge in [0.2, 0.25) is 5.95 Å². The third-order valence-corrected chi connectivity index (χ3v) is 3.48. The van der Waals surface area contributed by atoms with Crippen molar-refractivity contribution in [1.29, 1.82) is 0 Å². The van der Waals surface area contributed by atoms with Gasteiger partial charge in [-0.3, -0.25) is 4.79 Å². The number of likely N-dealkylation sites (tertiary alicyclic amines) is 1. The van der Waals surface area contributed by atoms with Gasteiger partial charge >= 0.3 is 0 Å². The minimum absolute atomic E-state index is 0.0831. The SMILES string of the molecule is CCC1CCC(C)N1C(=O)c1cccnc1F. The molecular formula is C13H17FN2O. The van der Waals surface area contributed by atoms with Crippen molar-refractivity contribution >= 4 is 5.91 Å². The Morgan fingerprint density at radius 1 is 1.59 bits per heavy atom. The monoisotopic (exact) mass is 236 g/mol. The molecule has 1 aliphatic heterocycles. The first-order chi connectivity index (χ1) is 8.15. The molecule has 0 bridgehead atoms. The first-order valence-electron chi connectivity index (χ1n) is 6.08. The average molecular weight is 236 g/mol. The zero-order valence-electron chi connectivity index (χ0n) is 10.2. The van der Waals surface area contributed by atoms with Crippen molar-refractivity contribution in [2.45, 2.75) is 45.2 Å². The van der Waals surface area contributed by atoms with E-state index in [0.29, 0.717) is 0 Å². The van der Waals surface area contributed by atoms with Crippen molar-refractivity contribution in [2.24, 2.45) is 0 Å². The van der Waals surface area contributed by atoms with Crippen LogP contribution in [0.5, 0.6) is 0 Å². The Labute approximate surface area is 101 Å². The second kappa shape index (κ2) is 4.82. The van der Waals surface area contributed by atoms with Gasteiger partial charge in [0.1, 0.15) is 0 Å². The number of amides is 1. The highest BCUT2D eigenvalue weighted by Crippen LogP contribution is 2.28. The van der Waals surface area contributed by atoms with E-state index in [1.54, 1.807) is 11.0 Å². The molecule has 2 heterocycles. The molecule has 2 rings (SSSR count). The van der Waals surface area contributed by atoms with E-state index in [1.807, 2.05) is 6.92 Å². The summed E-state index contributed by atoms with van der Waals surface area (Å²) in [4.78, 5) is 17.6. The Morgan fingerprint density at radius 2 is 2.35 bits per heavy atom. The minimum atomic E-state index is -0.675. The lowest BCUT2D eigenvalue weighted by molar-refractivity contribution is 0.0670. The smallest absolute Gasteiger partial charge is 0.258 e. The number of nitrogens with zero attached hydrogens (tertiary/aromatic N) is 2.